The number of piperazine rings is 1. The largest absolute Gasteiger partial charge is 0.449 e. The SMILES string of the molecule is CN1CCC(N2CCN(c3nc4c(oc5ccc(Br)cc54)c(=O)[nH]3)CC2)CC1. The van der Waals surface area contributed by atoms with Crippen molar-refractivity contribution in [2.45, 2.75) is 18.9 Å². The van der Waals surface area contributed by atoms with Crippen LogP contribution in [0.25, 0.3) is 22.1 Å². The summed E-state index contributed by atoms with van der Waals surface area (Å²) in [6, 6.07) is 6.40. The van der Waals surface area contributed by atoms with Gasteiger partial charge in [-0.15, -0.1) is 0 Å². The van der Waals surface area contributed by atoms with Crippen molar-refractivity contribution in [3.05, 3.63) is 33.0 Å². The monoisotopic (exact) mass is 445 g/mol. The summed E-state index contributed by atoms with van der Waals surface area (Å²) in [4.78, 5) is 27.5. The lowest BCUT2D eigenvalue weighted by molar-refractivity contribution is 0.115. The van der Waals surface area contributed by atoms with Gasteiger partial charge in [0.15, 0.2) is 0 Å². The standard InChI is InChI=1S/C20H24BrN5O2/c1-24-6-4-14(5-7-24)25-8-10-26(11-9-25)20-22-17-15-12-13(21)2-3-16(15)28-18(17)19(27)23-20/h2-3,12,14H,4-11H2,1H3,(H,22,23,27). The minimum absolute atomic E-state index is 0.218. The molecule has 0 bridgehead atoms. The van der Waals surface area contributed by atoms with Crippen molar-refractivity contribution in [1.82, 2.24) is 19.8 Å². The number of rotatable bonds is 2. The highest BCUT2D eigenvalue weighted by Gasteiger charge is 2.27. The minimum atomic E-state index is -0.218. The number of anilines is 1. The zero-order valence-corrected chi connectivity index (χ0v) is 17.5. The van der Waals surface area contributed by atoms with E-state index in [0.717, 1.165) is 36.0 Å². The summed E-state index contributed by atoms with van der Waals surface area (Å²) in [6.45, 7) is 6.13. The highest BCUT2D eigenvalue weighted by Crippen LogP contribution is 2.29. The topological polar surface area (TPSA) is 68.6 Å². The van der Waals surface area contributed by atoms with Crippen LogP contribution < -0.4 is 10.5 Å². The van der Waals surface area contributed by atoms with Crippen molar-refractivity contribution in [3.8, 4) is 0 Å². The lowest BCUT2D eigenvalue weighted by Gasteiger charge is -2.42. The maximum absolute atomic E-state index is 12.6. The van der Waals surface area contributed by atoms with Crippen LogP contribution in [0.5, 0.6) is 0 Å². The molecule has 0 radical (unpaired) electrons. The first-order chi connectivity index (χ1) is 13.6. The molecule has 2 aliphatic rings. The van der Waals surface area contributed by atoms with Gasteiger partial charge in [0, 0.05) is 42.1 Å². The van der Waals surface area contributed by atoms with E-state index in [9.17, 15) is 4.79 Å². The summed E-state index contributed by atoms with van der Waals surface area (Å²) >= 11 is 3.49. The molecule has 0 atom stereocenters. The number of H-pyrrole nitrogens is 1. The number of aromatic nitrogens is 2. The summed E-state index contributed by atoms with van der Waals surface area (Å²) < 4.78 is 6.67. The highest BCUT2D eigenvalue weighted by atomic mass is 79.9. The van der Waals surface area contributed by atoms with Gasteiger partial charge in [-0.3, -0.25) is 14.7 Å². The number of nitrogens with zero attached hydrogens (tertiary/aromatic N) is 4. The number of aromatic amines is 1. The fourth-order valence-electron chi connectivity index (χ4n) is 4.42. The maximum Gasteiger partial charge on any atom is 0.296 e. The van der Waals surface area contributed by atoms with Crippen LogP contribution in [0.15, 0.2) is 31.9 Å². The maximum atomic E-state index is 12.6. The Morgan fingerprint density at radius 2 is 1.89 bits per heavy atom. The predicted octanol–water partition coefficient (Wildman–Crippen LogP) is 2.65. The number of hydrogen-bond acceptors (Lipinski definition) is 6. The Morgan fingerprint density at radius 1 is 1.14 bits per heavy atom. The lowest BCUT2D eigenvalue weighted by atomic mass is 10.0. The average Bonchev–Trinajstić information content (AvgIpc) is 3.07. The molecule has 0 amide bonds. The van der Waals surface area contributed by atoms with Crippen molar-refractivity contribution in [1.29, 1.82) is 0 Å². The first-order valence-corrected chi connectivity index (χ1v) is 10.7. The van der Waals surface area contributed by atoms with E-state index in [1.54, 1.807) is 0 Å². The van der Waals surface area contributed by atoms with E-state index >= 15 is 0 Å². The Labute approximate surface area is 171 Å². The minimum Gasteiger partial charge on any atom is -0.449 e. The Hall–Kier alpha value is -1.90. The second kappa shape index (κ2) is 7.17. The summed E-state index contributed by atoms with van der Waals surface area (Å²) in [5, 5.41) is 0.863. The van der Waals surface area contributed by atoms with Gasteiger partial charge in [-0.05, 0) is 51.2 Å². The van der Waals surface area contributed by atoms with Crippen molar-refractivity contribution in [3.63, 3.8) is 0 Å². The second-order valence-corrected chi connectivity index (χ2v) is 8.78. The third-order valence-electron chi connectivity index (χ3n) is 6.09. The van der Waals surface area contributed by atoms with E-state index in [2.05, 4.69) is 42.7 Å². The van der Waals surface area contributed by atoms with E-state index in [0.29, 0.717) is 28.7 Å². The number of hydrogen-bond donors (Lipinski definition) is 1. The van der Waals surface area contributed by atoms with Crippen LogP contribution in [-0.4, -0.2) is 72.1 Å². The fourth-order valence-corrected chi connectivity index (χ4v) is 4.78. The summed E-state index contributed by atoms with van der Waals surface area (Å²) in [6.07, 6.45) is 2.49. The van der Waals surface area contributed by atoms with Crippen molar-refractivity contribution >= 4 is 43.9 Å². The summed E-state index contributed by atoms with van der Waals surface area (Å²) in [5.74, 6) is 0.642. The number of furan rings is 1. The Balaban J connectivity index is 1.39. The Bertz CT molecular complexity index is 1060. The van der Waals surface area contributed by atoms with Gasteiger partial charge in [-0.2, -0.15) is 0 Å². The van der Waals surface area contributed by atoms with Crippen LogP contribution in [0.1, 0.15) is 12.8 Å². The van der Waals surface area contributed by atoms with Crippen molar-refractivity contribution in [2.75, 3.05) is 51.2 Å². The zero-order valence-electron chi connectivity index (χ0n) is 15.9. The van der Waals surface area contributed by atoms with E-state index in [1.165, 1.54) is 25.9 Å². The van der Waals surface area contributed by atoms with Crippen LogP contribution in [0.3, 0.4) is 0 Å². The smallest absolute Gasteiger partial charge is 0.296 e. The van der Waals surface area contributed by atoms with E-state index in [1.807, 2.05) is 18.2 Å². The molecular formula is C20H24BrN5O2. The molecule has 2 fully saturated rings. The second-order valence-electron chi connectivity index (χ2n) is 7.87. The van der Waals surface area contributed by atoms with Gasteiger partial charge in [0.05, 0.1) is 0 Å². The molecule has 0 unspecified atom stereocenters. The number of halogens is 1. The molecule has 148 valence electrons. The predicted molar refractivity (Wildman–Crippen MR) is 114 cm³/mol. The summed E-state index contributed by atoms with van der Waals surface area (Å²) in [5.41, 5.74) is 1.39. The number of fused-ring (bicyclic) bond motifs is 3. The molecule has 0 spiro atoms. The normalized spacial score (nSPS) is 20.4. The molecule has 2 aliphatic heterocycles. The molecule has 1 N–H and O–H groups in total. The molecular weight excluding hydrogens is 422 g/mol. The van der Waals surface area contributed by atoms with Crippen LogP contribution in [-0.2, 0) is 0 Å². The number of benzene rings is 1. The van der Waals surface area contributed by atoms with Crippen LogP contribution in [0, 0.1) is 0 Å². The molecule has 8 heteroatoms. The molecule has 2 aromatic heterocycles. The third kappa shape index (κ3) is 3.23. The molecule has 2 saturated heterocycles. The van der Waals surface area contributed by atoms with E-state index in [-0.39, 0.29) is 5.56 Å². The van der Waals surface area contributed by atoms with Crippen molar-refractivity contribution < 1.29 is 4.42 Å². The van der Waals surface area contributed by atoms with E-state index < -0.39 is 0 Å². The third-order valence-corrected chi connectivity index (χ3v) is 6.58. The van der Waals surface area contributed by atoms with Crippen LogP contribution in [0.2, 0.25) is 0 Å². The Kier molecular flexibility index (Phi) is 4.65. The zero-order chi connectivity index (χ0) is 19.3. The van der Waals surface area contributed by atoms with Gasteiger partial charge >= 0.3 is 0 Å². The average molecular weight is 446 g/mol. The van der Waals surface area contributed by atoms with E-state index in [4.69, 9.17) is 9.40 Å². The van der Waals surface area contributed by atoms with Gasteiger partial charge in [0.2, 0.25) is 11.5 Å². The molecule has 1 aromatic carbocycles. The summed E-state index contributed by atoms with van der Waals surface area (Å²) in [7, 11) is 2.20. The first kappa shape index (κ1) is 18.1. The van der Waals surface area contributed by atoms with Gasteiger partial charge in [-0.1, -0.05) is 15.9 Å². The van der Waals surface area contributed by atoms with Crippen molar-refractivity contribution in [2.24, 2.45) is 0 Å². The van der Waals surface area contributed by atoms with Crippen LogP contribution in [0.4, 0.5) is 5.95 Å². The lowest BCUT2D eigenvalue weighted by Crippen LogP contribution is -2.53. The molecule has 7 nitrogen and oxygen atoms in total. The number of likely N-dealkylation sites (tertiary alicyclic amines) is 1. The first-order valence-electron chi connectivity index (χ1n) is 9.88. The van der Waals surface area contributed by atoms with Gasteiger partial charge < -0.3 is 14.2 Å². The Morgan fingerprint density at radius 3 is 2.64 bits per heavy atom. The molecule has 3 aromatic rings. The van der Waals surface area contributed by atoms with Gasteiger partial charge in [0.25, 0.3) is 5.56 Å². The molecule has 0 aliphatic carbocycles. The van der Waals surface area contributed by atoms with Gasteiger partial charge in [0.1, 0.15) is 11.1 Å². The van der Waals surface area contributed by atoms with Gasteiger partial charge in [-0.25, -0.2) is 4.98 Å². The molecule has 5 rings (SSSR count). The fraction of sp³-hybridized carbons (Fsp3) is 0.500. The quantitative estimate of drug-likeness (QED) is 0.653. The van der Waals surface area contributed by atoms with Crippen LogP contribution >= 0.6 is 15.9 Å². The highest BCUT2D eigenvalue weighted by molar-refractivity contribution is 9.10. The number of piperidine rings is 1. The molecule has 0 saturated carbocycles. The molecule has 4 heterocycles. The molecule has 28 heavy (non-hydrogen) atoms. The number of nitrogens with one attached hydrogen (secondary N) is 1.